The second-order valence-electron chi connectivity index (χ2n) is 8.49. The first-order valence-corrected chi connectivity index (χ1v) is 10.2. The normalized spacial score (nSPS) is 13.2. The number of fused-ring (bicyclic) bond motifs is 3. The Hall–Kier alpha value is -3.39. The zero-order valence-corrected chi connectivity index (χ0v) is 18.4. The number of alkyl carbamates (subject to hydrolysis) is 1. The highest BCUT2D eigenvalue weighted by atomic mass is 16.6. The number of amides is 1. The van der Waals surface area contributed by atoms with Crippen LogP contribution in [0, 0.1) is 0 Å². The topological polar surface area (TPSA) is 133 Å². The van der Waals surface area contributed by atoms with E-state index in [1.165, 1.54) is 0 Å². The van der Waals surface area contributed by atoms with E-state index in [0.717, 1.165) is 22.3 Å². The van der Waals surface area contributed by atoms with Crippen molar-refractivity contribution in [3.05, 3.63) is 59.7 Å². The number of hydrogen-bond acceptors (Lipinski definition) is 5. The average Bonchev–Trinajstić information content (AvgIpc) is 3.02. The zero-order chi connectivity index (χ0) is 22.6. The number of benzene rings is 2. The Morgan fingerprint density at radius 2 is 1.53 bits per heavy atom. The Bertz CT molecular complexity index is 935. The molecule has 172 valence electrons. The summed E-state index contributed by atoms with van der Waals surface area (Å²) in [5.41, 5.74) is 3.61. The molecule has 2 aromatic carbocycles. The van der Waals surface area contributed by atoms with Crippen LogP contribution in [0.1, 0.15) is 50.7 Å². The molecule has 1 atom stereocenters. The van der Waals surface area contributed by atoms with E-state index in [1.807, 2.05) is 48.5 Å². The van der Waals surface area contributed by atoms with Crippen LogP contribution < -0.4 is 5.32 Å². The maximum Gasteiger partial charge on any atom is 0.407 e. The molecular weight excluding hydrogens is 414 g/mol. The molecule has 8 nitrogen and oxygen atoms in total. The van der Waals surface area contributed by atoms with Gasteiger partial charge in [0.25, 0.3) is 0 Å². The molecule has 0 fully saturated rings. The summed E-state index contributed by atoms with van der Waals surface area (Å²) in [4.78, 5) is 35.8. The fraction of sp³-hybridized carbons (Fsp3) is 0.375. The predicted octanol–water partition coefficient (Wildman–Crippen LogP) is 3.28. The number of carbonyl (C=O) groups excluding carboxylic acids is 2. The van der Waals surface area contributed by atoms with Gasteiger partial charge in [-0.3, -0.25) is 4.79 Å². The van der Waals surface area contributed by atoms with E-state index < -0.39 is 29.7 Å². The van der Waals surface area contributed by atoms with Gasteiger partial charge in [-0.25, -0.2) is 9.59 Å². The summed E-state index contributed by atoms with van der Waals surface area (Å²) < 4.78 is 10.8. The minimum Gasteiger partial charge on any atom is -0.481 e. The number of nitrogens with one attached hydrogen (secondary N) is 1. The van der Waals surface area contributed by atoms with Crippen LogP contribution in [-0.2, 0) is 19.1 Å². The minimum atomic E-state index is -1.11. The van der Waals surface area contributed by atoms with Crippen LogP contribution in [0.3, 0.4) is 0 Å². The molecule has 0 saturated carbocycles. The van der Waals surface area contributed by atoms with Crippen molar-refractivity contribution in [2.75, 3.05) is 6.61 Å². The number of carboxylic acids is 1. The summed E-state index contributed by atoms with van der Waals surface area (Å²) in [7, 11) is 0. The highest BCUT2D eigenvalue weighted by Crippen LogP contribution is 2.44. The summed E-state index contributed by atoms with van der Waals surface area (Å²) >= 11 is 0. The number of ether oxygens (including phenoxy) is 2. The minimum absolute atomic E-state index is 0. The van der Waals surface area contributed by atoms with Crippen molar-refractivity contribution in [2.24, 2.45) is 0 Å². The first kappa shape index (κ1) is 24.9. The Kier molecular flexibility index (Phi) is 7.99. The third kappa shape index (κ3) is 6.07. The van der Waals surface area contributed by atoms with Crippen LogP contribution in [0.25, 0.3) is 11.1 Å². The molecule has 0 aliphatic heterocycles. The monoisotopic (exact) mass is 443 g/mol. The van der Waals surface area contributed by atoms with Crippen molar-refractivity contribution in [1.29, 1.82) is 0 Å². The van der Waals surface area contributed by atoms with Gasteiger partial charge in [-0.2, -0.15) is 0 Å². The largest absolute Gasteiger partial charge is 0.481 e. The molecule has 0 aromatic heterocycles. The number of aliphatic carboxylic acids is 1. The Morgan fingerprint density at radius 1 is 1.00 bits per heavy atom. The standard InChI is InChI=1S/C24H27NO6.H2O/c1-24(2,3)31-22(28)20(12-13-21(26)27)25-23(29)30-14-19-17-10-6-4-8-15(17)16-9-5-7-11-18(16)19;/h4-11,19-20H,12-14H2,1-3H3,(H,25,29)(H,26,27);1H2/t20-;/m0./s1. The van der Waals surface area contributed by atoms with Gasteiger partial charge in [0.2, 0.25) is 0 Å². The maximum absolute atomic E-state index is 12.5. The number of hydrogen-bond donors (Lipinski definition) is 2. The SMILES string of the molecule is CC(C)(C)OC(=O)[C@H](CCC(=O)O)NC(=O)OCC1c2ccccc2-c2ccccc21.O. The van der Waals surface area contributed by atoms with Crippen molar-refractivity contribution in [2.45, 2.75) is 51.2 Å². The fourth-order valence-corrected chi connectivity index (χ4v) is 3.67. The molecule has 8 heteroatoms. The average molecular weight is 443 g/mol. The molecule has 1 aliphatic rings. The Morgan fingerprint density at radius 3 is 2.03 bits per heavy atom. The van der Waals surface area contributed by atoms with Gasteiger partial charge in [0.1, 0.15) is 18.2 Å². The van der Waals surface area contributed by atoms with Crippen molar-refractivity contribution in [3.63, 3.8) is 0 Å². The molecule has 0 unspecified atom stereocenters. The van der Waals surface area contributed by atoms with Gasteiger partial charge >= 0.3 is 18.0 Å². The van der Waals surface area contributed by atoms with Crippen molar-refractivity contribution < 1.29 is 34.4 Å². The van der Waals surface area contributed by atoms with Gasteiger partial charge < -0.3 is 25.4 Å². The lowest BCUT2D eigenvalue weighted by atomic mass is 9.98. The van der Waals surface area contributed by atoms with Crippen molar-refractivity contribution >= 4 is 18.0 Å². The Labute approximate surface area is 186 Å². The molecule has 0 heterocycles. The summed E-state index contributed by atoms with van der Waals surface area (Å²) in [6.07, 6.45) is -1.16. The fourth-order valence-electron chi connectivity index (χ4n) is 3.67. The molecule has 1 aliphatic carbocycles. The lowest BCUT2D eigenvalue weighted by Gasteiger charge is -2.24. The predicted molar refractivity (Wildman–Crippen MR) is 118 cm³/mol. The van der Waals surface area contributed by atoms with E-state index >= 15 is 0 Å². The van der Waals surface area contributed by atoms with E-state index in [2.05, 4.69) is 5.32 Å². The highest BCUT2D eigenvalue weighted by Gasteiger charge is 2.31. The first-order chi connectivity index (χ1) is 14.7. The van der Waals surface area contributed by atoms with E-state index in [4.69, 9.17) is 14.6 Å². The smallest absolute Gasteiger partial charge is 0.407 e. The lowest BCUT2D eigenvalue weighted by Crippen LogP contribution is -2.44. The van der Waals surface area contributed by atoms with E-state index in [-0.39, 0.29) is 30.8 Å². The van der Waals surface area contributed by atoms with Crippen LogP contribution in [0.4, 0.5) is 4.79 Å². The quantitative estimate of drug-likeness (QED) is 0.631. The summed E-state index contributed by atoms with van der Waals surface area (Å²) in [5, 5.41) is 11.4. The summed E-state index contributed by atoms with van der Waals surface area (Å²) in [6.45, 7) is 5.20. The second-order valence-corrected chi connectivity index (χ2v) is 8.49. The van der Waals surface area contributed by atoms with Gasteiger partial charge in [0, 0.05) is 12.3 Å². The highest BCUT2D eigenvalue weighted by molar-refractivity contribution is 5.83. The first-order valence-electron chi connectivity index (χ1n) is 10.2. The molecule has 0 saturated heterocycles. The molecule has 4 N–H and O–H groups in total. The zero-order valence-electron chi connectivity index (χ0n) is 18.4. The number of rotatable bonds is 7. The lowest BCUT2D eigenvalue weighted by molar-refractivity contribution is -0.157. The third-order valence-electron chi connectivity index (χ3n) is 4.97. The molecule has 0 spiro atoms. The summed E-state index contributed by atoms with van der Waals surface area (Å²) in [5.74, 6) is -1.87. The van der Waals surface area contributed by atoms with Crippen LogP contribution >= 0.6 is 0 Å². The van der Waals surface area contributed by atoms with Crippen LogP contribution in [0.2, 0.25) is 0 Å². The molecule has 0 bridgehead atoms. The van der Waals surface area contributed by atoms with Gasteiger partial charge in [0.15, 0.2) is 0 Å². The van der Waals surface area contributed by atoms with Gasteiger partial charge in [-0.1, -0.05) is 48.5 Å². The van der Waals surface area contributed by atoms with Crippen LogP contribution in [-0.4, -0.2) is 46.9 Å². The number of carboxylic acid groups (broad SMARTS) is 1. The molecule has 32 heavy (non-hydrogen) atoms. The van der Waals surface area contributed by atoms with Crippen LogP contribution in [0.5, 0.6) is 0 Å². The van der Waals surface area contributed by atoms with Crippen LogP contribution in [0.15, 0.2) is 48.5 Å². The third-order valence-corrected chi connectivity index (χ3v) is 4.97. The van der Waals surface area contributed by atoms with Gasteiger partial charge in [-0.05, 0) is 49.4 Å². The van der Waals surface area contributed by atoms with E-state index in [1.54, 1.807) is 20.8 Å². The van der Waals surface area contributed by atoms with Crippen molar-refractivity contribution in [1.82, 2.24) is 5.32 Å². The number of esters is 1. The van der Waals surface area contributed by atoms with Gasteiger partial charge in [0.05, 0.1) is 0 Å². The number of carbonyl (C=O) groups is 3. The van der Waals surface area contributed by atoms with Gasteiger partial charge in [-0.15, -0.1) is 0 Å². The Balaban J connectivity index is 0.00000363. The molecule has 3 rings (SSSR count). The maximum atomic E-state index is 12.5. The second kappa shape index (κ2) is 10.3. The van der Waals surface area contributed by atoms with E-state index in [9.17, 15) is 14.4 Å². The van der Waals surface area contributed by atoms with E-state index in [0.29, 0.717) is 0 Å². The molecule has 0 radical (unpaired) electrons. The molecular formula is C24H29NO7. The summed E-state index contributed by atoms with van der Waals surface area (Å²) in [6, 6.07) is 14.8. The molecule has 2 aromatic rings. The van der Waals surface area contributed by atoms with Crippen molar-refractivity contribution in [3.8, 4) is 11.1 Å². The molecule has 1 amide bonds.